The van der Waals surface area contributed by atoms with Crippen LogP contribution in [0.5, 0.6) is 0 Å². The Bertz CT molecular complexity index is 993. The summed E-state index contributed by atoms with van der Waals surface area (Å²) in [6.07, 6.45) is 9.29. The van der Waals surface area contributed by atoms with Crippen molar-refractivity contribution in [3.05, 3.63) is 60.2 Å². The van der Waals surface area contributed by atoms with Crippen molar-refractivity contribution in [2.45, 2.75) is 58.4 Å². The number of nitrogens with one attached hydrogen (secondary N) is 1. The van der Waals surface area contributed by atoms with Gasteiger partial charge in [0.2, 0.25) is 0 Å². The summed E-state index contributed by atoms with van der Waals surface area (Å²) in [5, 5.41) is 14.4. The number of benzene rings is 2. The molecule has 4 nitrogen and oxygen atoms in total. The summed E-state index contributed by atoms with van der Waals surface area (Å²) in [4.78, 5) is 23.8. The number of carbonyl (C=O) groups excluding carboxylic acids is 1. The van der Waals surface area contributed by atoms with E-state index in [9.17, 15) is 9.59 Å². The first-order valence-electron chi connectivity index (χ1n) is 11.5. The highest BCUT2D eigenvalue weighted by molar-refractivity contribution is 5.98. The van der Waals surface area contributed by atoms with E-state index < -0.39 is 5.97 Å². The Morgan fingerprint density at radius 3 is 2.61 bits per heavy atom. The Morgan fingerprint density at radius 2 is 1.87 bits per heavy atom. The van der Waals surface area contributed by atoms with Gasteiger partial charge in [-0.2, -0.15) is 0 Å². The van der Waals surface area contributed by atoms with Crippen molar-refractivity contribution in [3.8, 4) is 0 Å². The van der Waals surface area contributed by atoms with Crippen molar-refractivity contribution >= 4 is 22.6 Å². The second-order valence-electron chi connectivity index (χ2n) is 9.91. The van der Waals surface area contributed by atoms with Gasteiger partial charge in [-0.15, -0.1) is 0 Å². The van der Waals surface area contributed by atoms with E-state index in [1.807, 2.05) is 36.4 Å². The normalized spacial score (nSPS) is 26.5. The smallest absolute Gasteiger partial charge is 0.303 e. The predicted octanol–water partition coefficient (Wildman–Crippen LogP) is 5.82. The fourth-order valence-electron chi connectivity index (χ4n) is 5.69. The van der Waals surface area contributed by atoms with Crippen LogP contribution in [0.4, 0.5) is 0 Å². The number of amides is 1. The molecule has 2 aromatic rings. The van der Waals surface area contributed by atoms with Crippen molar-refractivity contribution in [1.82, 2.24) is 5.32 Å². The van der Waals surface area contributed by atoms with Gasteiger partial charge in [0.25, 0.3) is 5.91 Å². The summed E-state index contributed by atoms with van der Waals surface area (Å²) < 4.78 is 0. The summed E-state index contributed by atoms with van der Waals surface area (Å²) in [7, 11) is 0. The molecule has 0 heterocycles. The van der Waals surface area contributed by atoms with E-state index in [2.05, 4.69) is 37.4 Å². The van der Waals surface area contributed by atoms with Crippen molar-refractivity contribution in [3.63, 3.8) is 0 Å². The molecule has 4 atom stereocenters. The zero-order valence-corrected chi connectivity index (χ0v) is 18.5. The number of rotatable bonds is 8. The molecule has 0 radical (unpaired) electrons. The van der Waals surface area contributed by atoms with Gasteiger partial charge < -0.3 is 10.4 Å². The minimum absolute atomic E-state index is 0.0207. The molecule has 2 N–H and O–H groups in total. The molecule has 0 aliphatic heterocycles. The van der Waals surface area contributed by atoms with Crippen LogP contribution in [-0.4, -0.2) is 23.0 Å². The minimum atomic E-state index is -0.737. The van der Waals surface area contributed by atoms with Crippen LogP contribution in [0.15, 0.2) is 54.6 Å². The second-order valence-corrected chi connectivity index (χ2v) is 9.91. The molecule has 3 aliphatic rings. The van der Waals surface area contributed by atoms with Crippen LogP contribution < -0.4 is 5.32 Å². The largest absolute Gasteiger partial charge is 0.481 e. The van der Waals surface area contributed by atoms with Gasteiger partial charge in [-0.1, -0.05) is 56.3 Å². The molecule has 0 saturated heterocycles. The molecular weight excluding hydrogens is 386 g/mol. The van der Waals surface area contributed by atoms with Crippen molar-refractivity contribution in [2.24, 2.45) is 23.2 Å². The third kappa shape index (κ3) is 4.53. The average molecular weight is 420 g/mol. The van der Waals surface area contributed by atoms with Gasteiger partial charge in [-0.25, -0.2) is 0 Å². The van der Waals surface area contributed by atoms with Crippen LogP contribution in [0.25, 0.3) is 10.8 Å². The average Bonchev–Trinajstić information content (AvgIpc) is 2.75. The number of fused-ring (bicyclic) bond motifs is 3. The maximum absolute atomic E-state index is 13.2. The molecule has 2 bridgehead atoms. The number of carboxylic acid groups (broad SMARTS) is 1. The predicted molar refractivity (Wildman–Crippen MR) is 124 cm³/mol. The molecule has 5 rings (SSSR count). The highest BCUT2D eigenvalue weighted by Crippen LogP contribution is 2.61. The Kier molecular flexibility index (Phi) is 6.17. The molecule has 0 unspecified atom stereocenters. The lowest BCUT2D eigenvalue weighted by Crippen LogP contribution is -2.63. The number of carboxylic acids is 1. The third-order valence-corrected chi connectivity index (χ3v) is 7.75. The van der Waals surface area contributed by atoms with Crippen LogP contribution >= 0.6 is 0 Å². The topological polar surface area (TPSA) is 66.4 Å². The van der Waals surface area contributed by atoms with Crippen LogP contribution in [0.2, 0.25) is 0 Å². The zero-order valence-electron chi connectivity index (χ0n) is 18.5. The number of aliphatic carboxylic acids is 1. The standard InChI is InChI=1S/C27H33NO3/c1-27(2)22-16-20(11-5-3-4-6-12-24(29)30)25(23(27)17-22)28-26(31)21-14-13-18-9-7-8-10-19(18)15-21/h3,5,7-10,13-15,20,22-23,25H,4,6,11-12,16-17H2,1-2H3,(H,28,31)(H,29,30)/b5-3-/t20-,22-,23-,25+/m0/s1. The van der Waals surface area contributed by atoms with E-state index >= 15 is 0 Å². The Hall–Kier alpha value is -2.62. The third-order valence-electron chi connectivity index (χ3n) is 7.75. The number of allylic oxidation sites excluding steroid dienone is 2. The van der Waals surface area contributed by atoms with E-state index in [0.717, 1.165) is 41.5 Å². The fraction of sp³-hybridized carbons (Fsp3) is 0.481. The van der Waals surface area contributed by atoms with Crippen LogP contribution in [0, 0.1) is 23.2 Å². The number of hydrogen-bond acceptors (Lipinski definition) is 2. The molecule has 3 aliphatic carbocycles. The molecule has 0 aromatic heterocycles. The lowest BCUT2D eigenvalue weighted by molar-refractivity contribution is -0.137. The van der Waals surface area contributed by atoms with Crippen LogP contribution in [0.1, 0.15) is 62.7 Å². The molecule has 31 heavy (non-hydrogen) atoms. The lowest BCUT2D eigenvalue weighted by atomic mass is 9.44. The maximum atomic E-state index is 13.2. The first-order valence-corrected chi connectivity index (χ1v) is 11.5. The Morgan fingerprint density at radius 1 is 1.10 bits per heavy atom. The molecule has 164 valence electrons. The number of hydrogen-bond donors (Lipinski definition) is 2. The highest BCUT2D eigenvalue weighted by Gasteiger charge is 2.57. The van der Waals surface area contributed by atoms with Crippen LogP contribution in [-0.2, 0) is 4.79 Å². The zero-order chi connectivity index (χ0) is 22.0. The Balaban J connectivity index is 1.44. The maximum Gasteiger partial charge on any atom is 0.303 e. The van der Waals surface area contributed by atoms with E-state index in [-0.39, 0.29) is 23.8 Å². The Labute approximate surface area is 184 Å². The van der Waals surface area contributed by atoms with Gasteiger partial charge in [0, 0.05) is 18.0 Å². The van der Waals surface area contributed by atoms with Gasteiger partial charge in [0.05, 0.1) is 0 Å². The van der Waals surface area contributed by atoms with E-state index in [0.29, 0.717) is 18.3 Å². The minimum Gasteiger partial charge on any atom is -0.481 e. The summed E-state index contributed by atoms with van der Waals surface area (Å²) in [6.45, 7) is 4.69. The molecule has 2 aromatic carbocycles. The van der Waals surface area contributed by atoms with E-state index in [4.69, 9.17) is 5.11 Å². The van der Waals surface area contributed by atoms with Gasteiger partial charge in [0.15, 0.2) is 0 Å². The summed E-state index contributed by atoms with van der Waals surface area (Å²) >= 11 is 0. The van der Waals surface area contributed by atoms with Gasteiger partial charge >= 0.3 is 5.97 Å². The quantitative estimate of drug-likeness (QED) is 0.418. The second kappa shape index (κ2) is 8.86. The number of carbonyl (C=O) groups is 2. The molecule has 1 amide bonds. The lowest BCUT2D eigenvalue weighted by Gasteiger charge is -2.62. The monoisotopic (exact) mass is 419 g/mol. The van der Waals surface area contributed by atoms with Gasteiger partial charge in [-0.3, -0.25) is 9.59 Å². The summed E-state index contributed by atoms with van der Waals surface area (Å²) in [6, 6.07) is 14.2. The first kappa shape index (κ1) is 21.6. The van der Waals surface area contributed by atoms with Gasteiger partial charge in [-0.05, 0) is 78.2 Å². The van der Waals surface area contributed by atoms with Gasteiger partial charge in [0.1, 0.15) is 0 Å². The van der Waals surface area contributed by atoms with Crippen molar-refractivity contribution in [2.75, 3.05) is 0 Å². The SMILES string of the molecule is CC1(C)[C@H]2C[C@H](C/C=C\CCCC(=O)O)[C@@H](NC(=O)c3ccc4ccccc4c3)[C@@H]1C2. The summed E-state index contributed by atoms with van der Waals surface area (Å²) in [5.74, 6) is 0.974. The molecule has 3 fully saturated rings. The molecular formula is C27H33NO3. The molecule has 4 heteroatoms. The first-order chi connectivity index (χ1) is 14.9. The highest BCUT2D eigenvalue weighted by atomic mass is 16.4. The molecule has 3 saturated carbocycles. The fourth-order valence-corrected chi connectivity index (χ4v) is 5.69. The van der Waals surface area contributed by atoms with E-state index in [1.165, 1.54) is 6.42 Å². The van der Waals surface area contributed by atoms with E-state index in [1.54, 1.807) is 0 Å². The van der Waals surface area contributed by atoms with Crippen LogP contribution in [0.3, 0.4) is 0 Å². The number of unbranched alkanes of at least 4 members (excludes halogenated alkanes) is 1. The molecule has 0 spiro atoms. The van der Waals surface area contributed by atoms with Crippen molar-refractivity contribution < 1.29 is 14.7 Å². The summed E-state index contributed by atoms with van der Waals surface area (Å²) in [5.41, 5.74) is 1.00. The van der Waals surface area contributed by atoms with Crippen molar-refractivity contribution in [1.29, 1.82) is 0 Å².